The van der Waals surface area contributed by atoms with E-state index < -0.39 is 0 Å². The molecule has 4 nitrogen and oxygen atoms in total. The molecule has 0 radical (unpaired) electrons. The van der Waals surface area contributed by atoms with Gasteiger partial charge in [-0.3, -0.25) is 0 Å². The van der Waals surface area contributed by atoms with E-state index in [4.69, 9.17) is 10.5 Å². The Morgan fingerprint density at radius 2 is 1.88 bits per heavy atom. The van der Waals surface area contributed by atoms with Crippen LogP contribution in [0.4, 0.5) is 5.69 Å². The molecule has 0 aliphatic rings. The zero-order valence-corrected chi connectivity index (χ0v) is 14.0. The summed E-state index contributed by atoms with van der Waals surface area (Å²) in [5.74, 6) is 0.835. The Morgan fingerprint density at radius 1 is 1.12 bits per heavy atom. The minimum Gasteiger partial charge on any atom is -0.494 e. The summed E-state index contributed by atoms with van der Waals surface area (Å²) in [6.07, 6.45) is 0.980. The summed E-state index contributed by atoms with van der Waals surface area (Å²) in [6, 6.07) is 16.0. The first-order chi connectivity index (χ1) is 11.7. The predicted molar refractivity (Wildman–Crippen MR) is 98.0 cm³/mol. The maximum atomic E-state index is 9.75. The minimum atomic E-state index is 0.637. The summed E-state index contributed by atoms with van der Waals surface area (Å²) in [4.78, 5) is 0. The fourth-order valence-corrected chi connectivity index (χ4v) is 3.11. The van der Waals surface area contributed by atoms with Gasteiger partial charge in [-0.15, -0.1) is 0 Å². The van der Waals surface area contributed by atoms with Crippen LogP contribution in [-0.4, -0.2) is 11.2 Å². The average Bonchev–Trinajstić information content (AvgIpc) is 2.89. The molecule has 0 amide bonds. The first kappa shape index (κ1) is 15.9. The van der Waals surface area contributed by atoms with Crippen molar-refractivity contribution in [3.05, 3.63) is 48.0 Å². The first-order valence-electron chi connectivity index (χ1n) is 8.24. The number of anilines is 1. The van der Waals surface area contributed by atoms with Crippen LogP contribution in [-0.2, 0) is 6.54 Å². The van der Waals surface area contributed by atoms with Crippen molar-refractivity contribution in [3.63, 3.8) is 0 Å². The quantitative estimate of drug-likeness (QED) is 0.701. The molecule has 3 aromatic rings. The fourth-order valence-electron chi connectivity index (χ4n) is 3.11. The molecule has 2 aromatic carbocycles. The van der Waals surface area contributed by atoms with Crippen molar-refractivity contribution in [2.45, 2.75) is 26.8 Å². The zero-order valence-electron chi connectivity index (χ0n) is 14.0. The topological polar surface area (TPSA) is 64.0 Å². The molecular weight excluding hydrogens is 298 g/mol. The van der Waals surface area contributed by atoms with E-state index in [1.54, 1.807) is 0 Å². The number of aromatic nitrogens is 1. The number of nitriles is 1. The van der Waals surface area contributed by atoms with Crippen molar-refractivity contribution < 1.29 is 4.74 Å². The number of benzene rings is 2. The molecule has 3 rings (SSSR count). The first-order valence-corrected chi connectivity index (χ1v) is 8.24. The Hall–Kier alpha value is -2.93. The molecule has 1 aromatic heterocycles. The molecule has 0 aliphatic heterocycles. The molecule has 0 bridgehead atoms. The smallest absolute Gasteiger partial charge is 0.119 e. The normalized spacial score (nSPS) is 10.7. The van der Waals surface area contributed by atoms with Crippen LogP contribution in [0.3, 0.4) is 0 Å². The molecule has 0 unspecified atom stereocenters. The second-order valence-electron chi connectivity index (χ2n) is 5.72. The van der Waals surface area contributed by atoms with Crippen LogP contribution in [0.25, 0.3) is 22.2 Å². The summed E-state index contributed by atoms with van der Waals surface area (Å²) < 4.78 is 7.71. The van der Waals surface area contributed by atoms with Gasteiger partial charge in [0.05, 0.1) is 23.4 Å². The molecule has 0 saturated heterocycles. The standard InChI is InChI=1S/C20H21N3O/c1-3-11-23-19-12-15(22)7-10-17(19)18(13-21)20(23)14-5-8-16(9-6-14)24-4-2/h5-10,12H,3-4,11,22H2,1-2H3. The van der Waals surface area contributed by atoms with Gasteiger partial charge in [-0.25, -0.2) is 0 Å². The van der Waals surface area contributed by atoms with Gasteiger partial charge >= 0.3 is 0 Å². The Kier molecular flexibility index (Phi) is 4.43. The van der Waals surface area contributed by atoms with Gasteiger partial charge in [-0.2, -0.15) is 5.26 Å². The molecule has 0 saturated carbocycles. The number of ether oxygens (including phenoxy) is 1. The molecule has 0 fully saturated rings. The number of aryl methyl sites for hydroxylation is 1. The van der Waals surface area contributed by atoms with Gasteiger partial charge in [0.15, 0.2) is 0 Å². The lowest BCUT2D eigenvalue weighted by Gasteiger charge is -2.11. The maximum Gasteiger partial charge on any atom is 0.119 e. The van der Waals surface area contributed by atoms with E-state index >= 15 is 0 Å². The number of hydrogen-bond acceptors (Lipinski definition) is 3. The van der Waals surface area contributed by atoms with E-state index in [1.165, 1.54) is 0 Å². The molecule has 0 aliphatic carbocycles. The molecule has 0 atom stereocenters. The van der Waals surface area contributed by atoms with Crippen LogP contribution in [0.15, 0.2) is 42.5 Å². The van der Waals surface area contributed by atoms with Gasteiger partial charge in [0.2, 0.25) is 0 Å². The lowest BCUT2D eigenvalue weighted by atomic mass is 10.1. The molecular formula is C20H21N3O. The minimum absolute atomic E-state index is 0.637. The summed E-state index contributed by atoms with van der Waals surface area (Å²) >= 11 is 0. The van der Waals surface area contributed by atoms with Crippen LogP contribution in [0.2, 0.25) is 0 Å². The SMILES string of the molecule is CCCn1c(-c2ccc(OCC)cc2)c(C#N)c2ccc(N)cc21. The monoisotopic (exact) mass is 319 g/mol. The number of rotatable bonds is 5. The van der Waals surface area contributed by atoms with Crippen molar-refractivity contribution in [1.82, 2.24) is 4.57 Å². The van der Waals surface area contributed by atoms with Gasteiger partial charge in [0.1, 0.15) is 11.8 Å². The van der Waals surface area contributed by atoms with Gasteiger partial charge in [-0.05, 0) is 61.4 Å². The van der Waals surface area contributed by atoms with Crippen molar-refractivity contribution in [1.29, 1.82) is 5.26 Å². The number of nitrogens with zero attached hydrogens (tertiary/aromatic N) is 2. The highest BCUT2D eigenvalue weighted by Gasteiger charge is 2.18. The third kappa shape index (κ3) is 2.69. The zero-order chi connectivity index (χ0) is 17.1. The van der Waals surface area contributed by atoms with Crippen LogP contribution >= 0.6 is 0 Å². The van der Waals surface area contributed by atoms with Crippen LogP contribution < -0.4 is 10.5 Å². The van der Waals surface area contributed by atoms with Gasteiger partial charge < -0.3 is 15.0 Å². The average molecular weight is 319 g/mol. The Balaban J connectivity index is 2.25. The lowest BCUT2D eigenvalue weighted by molar-refractivity contribution is 0.340. The van der Waals surface area contributed by atoms with E-state index in [9.17, 15) is 5.26 Å². The van der Waals surface area contributed by atoms with E-state index in [0.717, 1.165) is 40.9 Å². The Labute approximate surface area is 142 Å². The highest BCUT2D eigenvalue weighted by atomic mass is 16.5. The highest BCUT2D eigenvalue weighted by molar-refractivity contribution is 5.96. The lowest BCUT2D eigenvalue weighted by Crippen LogP contribution is -2.00. The van der Waals surface area contributed by atoms with Gasteiger partial charge in [-0.1, -0.05) is 6.92 Å². The second-order valence-corrected chi connectivity index (χ2v) is 5.72. The largest absolute Gasteiger partial charge is 0.494 e. The third-order valence-electron chi connectivity index (χ3n) is 4.09. The number of nitrogens with two attached hydrogens (primary N) is 1. The fraction of sp³-hybridized carbons (Fsp3) is 0.250. The Morgan fingerprint density at radius 3 is 2.50 bits per heavy atom. The van der Waals surface area contributed by atoms with Crippen molar-refractivity contribution >= 4 is 16.6 Å². The summed E-state index contributed by atoms with van der Waals surface area (Å²) in [5.41, 5.74) is 10.3. The van der Waals surface area contributed by atoms with Gasteiger partial charge in [0.25, 0.3) is 0 Å². The number of hydrogen-bond donors (Lipinski definition) is 1. The third-order valence-corrected chi connectivity index (χ3v) is 4.09. The Bertz CT molecular complexity index is 901. The maximum absolute atomic E-state index is 9.75. The number of nitrogen functional groups attached to an aromatic ring is 1. The van der Waals surface area contributed by atoms with Crippen LogP contribution in [0.1, 0.15) is 25.8 Å². The summed E-state index contributed by atoms with van der Waals surface area (Å²) in [5, 5.41) is 10.7. The van der Waals surface area contributed by atoms with E-state index in [1.807, 2.05) is 49.4 Å². The van der Waals surface area contributed by atoms with E-state index in [0.29, 0.717) is 17.9 Å². The number of fused-ring (bicyclic) bond motifs is 1. The summed E-state index contributed by atoms with van der Waals surface area (Å²) in [6.45, 7) is 5.57. The molecule has 0 spiro atoms. The van der Waals surface area contributed by atoms with Gasteiger partial charge in [0, 0.05) is 17.6 Å². The molecule has 122 valence electrons. The van der Waals surface area contributed by atoms with Crippen LogP contribution in [0.5, 0.6) is 5.75 Å². The molecule has 2 N–H and O–H groups in total. The van der Waals surface area contributed by atoms with E-state index in [2.05, 4.69) is 17.6 Å². The molecule has 24 heavy (non-hydrogen) atoms. The predicted octanol–water partition coefficient (Wildman–Crippen LogP) is 4.57. The van der Waals surface area contributed by atoms with Crippen molar-refractivity contribution in [2.75, 3.05) is 12.3 Å². The summed E-state index contributed by atoms with van der Waals surface area (Å²) in [7, 11) is 0. The highest BCUT2D eigenvalue weighted by Crippen LogP contribution is 2.35. The molecule has 4 heteroatoms. The molecule has 1 heterocycles. The van der Waals surface area contributed by atoms with Crippen LogP contribution in [0, 0.1) is 11.3 Å². The second kappa shape index (κ2) is 6.67. The van der Waals surface area contributed by atoms with E-state index in [-0.39, 0.29) is 0 Å². The van der Waals surface area contributed by atoms with Crippen molar-refractivity contribution in [2.24, 2.45) is 0 Å². The van der Waals surface area contributed by atoms with Crippen molar-refractivity contribution in [3.8, 4) is 23.1 Å².